The van der Waals surface area contributed by atoms with Gasteiger partial charge in [-0.25, -0.2) is 4.39 Å². The molecule has 2 aliphatic heterocycles. The molecule has 1 atom stereocenters. The van der Waals surface area contributed by atoms with Crippen LogP contribution in [0.2, 0.25) is 0 Å². The largest absolute Gasteiger partial charge is 0.333 e. The van der Waals surface area contributed by atoms with Gasteiger partial charge in [-0.2, -0.15) is 0 Å². The minimum atomic E-state index is -0.301. The molecular formula is C16H21ClFN3O2. The summed E-state index contributed by atoms with van der Waals surface area (Å²) in [5, 5.41) is 3.24. The molecule has 2 fully saturated rings. The number of hydrogen-bond acceptors (Lipinski definition) is 3. The molecule has 2 aliphatic rings. The summed E-state index contributed by atoms with van der Waals surface area (Å²) < 4.78 is 13.5. The average Bonchev–Trinajstić information content (AvgIpc) is 2.92. The number of rotatable bonds is 3. The minimum Gasteiger partial charge on any atom is -0.333 e. The molecule has 1 aromatic carbocycles. The van der Waals surface area contributed by atoms with Gasteiger partial charge in [0.15, 0.2) is 0 Å². The van der Waals surface area contributed by atoms with Crippen LogP contribution >= 0.6 is 12.4 Å². The van der Waals surface area contributed by atoms with Gasteiger partial charge in [-0.15, -0.1) is 12.4 Å². The van der Waals surface area contributed by atoms with Crippen molar-refractivity contribution < 1.29 is 14.0 Å². The lowest BCUT2D eigenvalue weighted by molar-refractivity contribution is -0.140. The van der Waals surface area contributed by atoms with Crippen molar-refractivity contribution >= 4 is 24.2 Å². The van der Waals surface area contributed by atoms with Gasteiger partial charge in [0.25, 0.3) is 0 Å². The fourth-order valence-corrected chi connectivity index (χ4v) is 3.14. The Hall–Kier alpha value is -1.66. The standard InChI is InChI=1S/C16H20FN3O2.ClH/c17-13-4-1-3-12(9-13)14-10-18-6-8-20(14)16(22)11-19-7-2-5-15(19)21;/h1,3-4,9,14,18H,2,5-8,10-11H2;1H. The van der Waals surface area contributed by atoms with Gasteiger partial charge in [0.05, 0.1) is 12.6 Å². The Bertz CT molecular complexity index is 584. The van der Waals surface area contributed by atoms with Crippen molar-refractivity contribution in [3.63, 3.8) is 0 Å². The van der Waals surface area contributed by atoms with Gasteiger partial charge in [-0.3, -0.25) is 9.59 Å². The second kappa shape index (κ2) is 7.75. The molecule has 0 radical (unpaired) electrons. The maximum absolute atomic E-state index is 13.5. The summed E-state index contributed by atoms with van der Waals surface area (Å²) in [6, 6.07) is 6.18. The van der Waals surface area contributed by atoms with Crippen molar-refractivity contribution in [2.24, 2.45) is 0 Å². The monoisotopic (exact) mass is 341 g/mol. The van der Waals surface area contributed by atoms with Crippen LogP contribution in [0.25, 0.3) is 0 Å². The zero-order valence-electron chi connectivity index (χ0n) is 12.8. The molecule has 23 heavy (non-hydrogen) atoms. The molecular weight excluding hydrogens is 321 g/mol. The van der Waals surface area contributed by atoms with E-state index in [9.17, 15) is 14.0 Å². The molecule has 0 aliphatic carbocycles. The molecule has 0 saturated carbocycles. The van der Waals surface area contributed by atoms with Crippen LogP contribution in [0, 0.1) is 5.82 Å². The third-order valence-corrected chi connectivity index (χ3v) is 4.29. The van der Waals surface area contributed by atoms with E-state index >= 15 is 0 Å². The first-order valence-corrected chi connectivity index (χ1v) is 7.68. The van der Waals surface area contributed by atoms with Gasteiger partial charge in [-0.05, 0) is 24.1 Å². The highest BCUT2D eigenvalue weighted by Crippen LogP contribution is 2.23. The average molecular weight is 342 g/mol. The summed E-state index contributed by atoms with van der Waals surface area (Å²) in [6.45, 7) is 2.67. The van der Waals surface area contributed by atoms with Crippen LogP contribution in [0.15, 0.2) is 24.3 Å². The molecule has 0 aromatic heterocycles. The number of piperazine rings is 1. The van der Waals surface area contributed by atoms with E-state index in [1.807, 2.05) is 6.07 Å². The summed E-state index contributed by atoms with van der Waals surface area (Å²) in [6.07, 6.45) is 1.35. The number of benzene rings is 1. The highest BCUT2D eigenvalue weighted by atomic mass is 35.5. The van der Waals surface area contributed by atoms with E-state index in [-0.39, 0.29) is 42.6 Å². The Kier molecular flexibility index (Phi) is 5.96. The van der Waals surface area contributed by atoms with Gasteiger partial charge >= 0.3 is 0 Å². The van der Waals surface area contributed by atoms with Crippen LogP contribution in [-0.4, -0.2) is 54.3 Å². The van der Waals surface area contributed by atoms with E-state index in [2.05, 4.69) is 5.32 Å². The van der Waals surface area contributed by atoms with Gasteiger partial charge in [-0.1, -0.05) is 12.1 Å². The number of nitrogens with zero attached hydrogens (tertiary/aromatic N) is 2. The Morgan fingerprint density at radius 3 is 2.87 bits per heavy atom. The molecule has 126 valence electrons. The molecule has 0 bridgehead atoms. The molecule has 5 nitrogen and oxygen atoms in total. The Balaban J connectivity index is 0.00000192. The molecule has 2 amide bonds. The summed E-state index contributed by atoms with van der Waals surface area (Å²) >= 11 is 0. The van der Waals surface area contributed by atoms with Crippen LogP contribution in [0.4, 0.5) is 4.39 Å². The molecule has 1 N–H and O–H groups in total. The molecule has 1 unspecified atom stereocenters. The predicted molar refractivity (Wildman–Crippen MR) is 86.8 cm³/mol. The van der Waals surface area contributed by atoms with Crippen molar-refractivity contribution in [3.8, 4) is 0 Å². The third kappa shape index (κ3) is 4.00. The van der Waals surface area contributed by atoms with Crippen molar-refractivity contribution in [3.05, 3.63) is 35.6 Å². The highest BCUT2D eigenvalue weighted by molar-refractivity contribution is 5.86. The maximum Gasteiger partial charge on any atom is 0.242 e. The van der Waals surface area contributed by atoms with E-state index in [4.69, 9.17) is 0 Å². The Morgan fingerprint density at radius 2 is 2.17 bits per heavy atom. The van der Waals surface area contributed by atoms with Crippen molar-refractivity contribution in [1.29, 1.82) is 0 Å². The van der Waals surface area contributed by atoms with Crippen LogP contribution in [0.5, 0.6) is 0 Å². The van der Waals surface area contributed by atoms with Gasteiger partial charge in [0.1, 0.15) is 5.82 Å². The van der Waals surface area contributed by atoms with Crippen LogP contribution in [0.3, 0.4) is 0 Å². The highest BCUT2D eigenvalue weighted by Gasteiger charge is 2.31. The fraction of sp³-hybridized carbons (Fsp3) is 0.500. The predicted octanol–water partition coefficient (Wildman–Crippen LogP) is 1.34. The number of hydrogen-bond donors (Lipinski definition) is 1. The van der Waals surface area contributed by atoms with Crippen LogP contribution in [-0.2, 0) is 9.59 Å². The quantitative estimate of drug-likeness (QED) is 0.902. The lowest BCUT2D eigenvalue weighted by Gasteiger charge is -2.37. The van der Waals surface area contributed by atoms with E-state index in [0.29, 0.717) is 32.6 Å². The normalized spacial score (nSPS) is 21.3. The number of likely N-dealkylation sites (tertiary alicyclic amines) is 1. The van der Waals surface area contributed by atoms with Crippen molar-refractivity contribution in [2.45, 2.75) is 18.9 Å². The molecule has 3 rings (SSSR count). The van der Waals surface area contributed by atoms with Crippen LogP contribution in [0.1, 0.15) is 24.4 Å². The molecule has 7 heteroatoms. The second-order valence-corrected chi connectivity index (χ2v) is 5.78. The molecule has 0 spiro atoms. The summed E-state index contributed by atoms with van der Waals surface area (Å²) in [4.78, 5) is 27.6. The van der Waals surface area contributed by atoms with Gasteiger partial charge in [0.2, 0.25) is 11.8 Å². The van der Waals surface area contributed by atoms with Crippen LogP contribution < -0.4 is 5.32 Å². The van der Waals surface area contributed by atoms with E-state index in [0.717, 1.165) is 12.0 Å². The number of halogens is 2. The zero-order chi connectivity index (χ0) is 15.5. The van der Waals surface area contributed by atoms with Crippen molar-refractivity contribution in [2.75, 3.05) is 32.7 Å². The second-order valence-electron chi connectivity index (χ2n) is 5.78. The summed E-state index contributed by atoms with van der Waals surface area (Å²) in [7, 11) is 0. The first-order valence-electron chi connectivity index (χ1n) is 7.68. The SMILES string of the molecule is Cl.O=C1CCCN1CC(=O)N1CCNCC1c1cccc(F)c1. The van der Waals surface area contributed by atoms with Gasteiger partial charge < -0.3 is 15.1 Å². The summed E-state index contributed by atoms with van der Waals surface area (Å²) in [5.41, 5.74) is 0.785. The Morgan fingerprint density at radius 1 is 1.35 bits per heavy atom. The van der Waals surface area contributed by atoms with E-state index < -0.39 is 0 Å². The molecule has 1 aromatic rings. The topological polar surface area (TPSA) is 52.7 Å². The number of amides is 2. The molecule has 2 saturated heterocycles. The van der Waals surface area contributed by atoms with Gasteiger partial charge in [0, 0.05) is 32.6 Å². The van der Waals surface area contributed by atoms with Crippen molar-refractivity contribution in [1.82, 2.24) is 15.1 Å². The van der Waals surface area contributed by atoms with E-state index in [1.165, 1.54) is 12.1 Å². The molecule has 2 heterocycles. The Labute approximate surface area is 141 Å². The lowest BCUT2D eigenvalue weighted by Crippen LogP contribution is -2.51. The minimum absolute atomic E-state index is 0. The first-order chi connectivity index (χ1) is 10.6. The zero-order valence-corrected chi connectivity index (χ0v) is 13.7. The fourth-order valence-electron chi connectivity index (χ4n) is 3.14. The number of carbonyl (C=O) groups is 2. The first kappa shape index (κ1) is 17.7. The van der Waals surface area contributed by atoms with E-state index in [1.54, 1.807) is 15.9 Å². The lowest BCUT2D eigenvalue weighted by atomic mass is 10.0. The summed E-state index contributed by atoms with van der Waals surface area (Å²) in [5.74, 6) is -0.318. The maximum atomic E-state index is 13.5. The number of nitrogens with one attached hydrogen (secondary N) is 1. The number of carbonyl (C=O) groups excluding carboxylic acids is 2. The smallest absolute Gasteiger partial charge is 0.242 e. The third-order valence-electron chi connectivity index (χ3n) is 4.29.